The molecule has 6 heteroatoms. The molecule has 0 saturated carbocycles. The first-order valence-electron chi connectivity index (χ1n) is 8.03. The van der Waals surface area contributed by atoms with Crippen LogP contribution in [0.3, 0.4) is 0 Å². The second-order valence-corrected chi connectivity index (χ2v) is 6.22. The van der Waals surface area contributed by atoms with Crippen molar-refractivity contribution in [2.75, 3.05) is 53.4 Å². The third-order valence-electron chi connectivity index (χ3n) is 3.81. The second-order valence-electron chi connectivity index (χ2n) is 6.22. The molecule has 1 atom stereocenters. The van der Waals surface area contributed by atoms with E-state index in [1.807, 2.05) is 14.1 Å². The Hall–Kier alpha value is -1.50. The predicted molar refractivity (Wildman–Crippen MR) is 87.8 cm³/mol. The molecule has 23 heavy (non-hydrogen) atoms. The van der Waals surface area contributed by atoms with Crippen LogP contribution < -0.4 is 5.32 Å². The lowest BCUT2D eigenvalue weighted by atomic mass is 10.1. The Morgan fingerprint density at radius 2 is 2.13 bits per heavy atom. The van der Waals surface area contributed by atoms with Gasteiger partial charge in [-0.25, -0.2) is 4.39 Å². The maximum absolute atomic E-state index is 12.8. The largest absolute Gasteiger partial charge is 0.374 e. The third-order valence-corrected chi connectivity index (χ3v) is 3.81. The minimum absolute atomic E-state index is 0.0256. The SMILES string of the molecule is CN(C)C[C@@H]1CN(CC(=O)NCCc2ccc(F)cc2)CCO1. The van der Waals surface area contributed by atoms with E-state index in [9.17, 15) is 9.18 Å². The Kier molecular flexibility index (Phi) is 6.95. The molecule has 0 radical (unpaired) electrons. The van der Waals surface area contributed by atoms with E-state index >= 15 is 0 Å². The average Bonchev–Trinajstić information content (AvgIpc) is 2.49. The number of rotatable bonds is 7. The van der Waals surface area contributed by atoms with Crippen LogP contribution in [0.2, 0.25) is 0 Å². The fourth-order valence-corrected chi connectivity index (χ4v) is 2.70. The highest BCUT2D eigenvalue weighted by Crippen LogP contribution is 2.06. The van der Waals surface area contributed by atoms with E-state index in [2.05, 4.69) is 15.1 Å². The molecule has 1 aromatic rings. The number of amides is 1. The van der Waals surface area contributed by atoms with Gasteiger partial charge in [0.15, 0.2) is 0 Å². The smallest absolute Gasteiger partial charge is 0.234 e. The van der Waals surface area contributed by atoms with Crippen LogP contribution in [-0.4, -0.2) is 75.2 Å². The Morgan fingerprint density at radius 3 is 2.83 bits per heavy atom. The van der Waals surface area contributed by atoms with E-state index in [1.54, 1.807) is 12.1 Å². The van der Waals surface area contributed by atoms with E-state index in [0.29, 0.717) is 26.1 Å². The van der Waals surface area contributed by atoms with Crippen LogP contribution in [0.4, 0.5) is 4.39 Å². The number of carbonyl (C=O) groups is 1. The zero-order chi connectivity index (χ0) is 16.7. The zero-order valence-electron chi connectivity index (χ0n) is 13.9. The van der Waals surface area contributed by atoms with Crippen molar-refractivity contribution in [3.8, 4) is 0 Å². The molecular weight excluding hydrogens is 297 g/mol. The highest BCUT2D eigenvalue weighted by Gasteiger charge is 2.22. The molecule has 1 fully saturated rings. The van der Waals surface area contributed by atoms with Gasteiger partial charge in [0.05, 0.1) is 19.3 Å². The van der Waals surface area contributed by atoms with Gasteiger partial charge in [-0.3, -0.25) is 9.69 Å². The Labute approximate surface area is 137 Å². The van der Waals surface area contributed by atoms with Gasteiger partial charge in [0.25, 0.3) is 0 Å². The molecule has 0 bridgehead atoms. The van der Waals surface area contributed by atoms with Crippen molar-refractivity contribution in [2.24, 2.45) is 0 Å². The third kappa shape index (κ3) is 6.64. The Morgan fingerprint density at radius 1 is 1.39 bits per heavy atom. The van der Waals surface area contributed by atoms with Crippen molar-refractivity contribution in [3.63, 3.8) is 0 Å². The fourth-order valence-electron chi connectivity index (χ4n) is 2.70. The van der Waals surface area contributed by atoms with Crippen molar-refractivity contribution in [3.05, 3.63) is 35.6 Å². The number of halogens is 1. The molecule has 1 aliphatic heterocycles. The minimum Gasteiger partial charge on any atom is -0.374 e. The molecule has 2 rings (SSSR count). The van der Waals surface area contributed by atoms with Crippen LogP contribution in [-0.2, 0) is 16.0 Å². The summed E-state index contributed by atoms with van der Waals surface area (Å²) >= 11 is 0. The van der Waals surface area contributed by atoms with Crippen molar-refractivity contribution >= 4 is 5.91 Å². The second kappa shape index (κ2) is 8.96. The molecule has 1 amide bonds. The topological polar surface area (TPSA) is 44.8 Å². The normalized spacial score (nSPS) is 19.0. The predicted octanol–water partition coefficient (Wildman–Crippen LogP) is 0.747. The molecule has 1 heterocycles. The summed E-state index contributed by atoms with van der Waals surface area (Å²) in [6.07, 6.45) is 0.865. The number of ether oxygens (including phenoxy) is 1. The Balaban J connectivity index is 1.66. The van der Waals surface area contributed by atoms with Crippen LogP contribution >= 0.6 is 0 Å². The molecule has 128 valence electrons. The van der Waals surface area contributed by atoms with Gasteiger partial charge in [-0.15, -0.1) is 0 Å². The highest BCUT2D eigenvalue weighted by molar-refractivity contribution is 5.78. The van der Waals surface area contributed by atoms with Crippen LogP contribution in [0, 0.1) is 5.82 Å². The monoisotopic (exact) mass is 323 g/mol. The first-order chi connectivity index (χ1) is 11.0. The quantitative estimate of drug-likeness (QED) is 0.804. The molecule has 0 spiro atoms. The van der Waals surface area contributed by atoms with E-state index in [-0.39, 0.29) is 17.8 Å². The van der Waals surface area contributed by atoms with Crippen LogP contribution in [0.5, 0.6) is 0 Å². The number of nitrogens with zero attached hydrogens (tertiary/aromatic N) is 2. The molecule has 1 saturated heterocycles. The van der Waals surface area contributed by atoms with E-state index in [0.717, 1.165) is 25.2 Å². The molecule has 1 aromatic carbocycles. The number of hydrogen-bond donors (Lipinski definition) is 1. The van der Waals surface area contributed by atoms with Crippen molar-refractivity contribution in [1.29, 1.82) is 0 Å². The molecule has 1 aliphatic rings. The summed E-state index contributed by atoms with van der Waals surface area (Å²) < 4.78 is 18.5. The van der Waals surface area contributed by atoms with Crippen molar-refractivity contribution in [2.45, 2.75) is 12.5 Å². The summed E-state index contributed by atoms with van der Waals surface area (Å²) in [7, 11) is 4.04. The first kappa shape index (κ1) is 17.8. The number of carbonyl (C=O) groups excluding carboxylic acids is 1. The summed E-state index contributed by atoms with van der Waals surface area (Å²) in [4.78, 5) is 16.2. The summed E-state index contributed by atoms with van der Waals surface area (Å²) in [6.45, 7) is 4.07. The minimum atomic E-state index is -0.239. The molecule has 0 aliphatic carbocycles. The molecule has 1 N–H and O–H groups in total. The van der Waals surface area contributed by atoms with Gasteiger partial charge in [-0.1, -0.05) is 12.1 Å². The molecule has 5 nitrogen and oxygen atoms in total. The van der Waals surface area contributed by atoms with E-state index < -0.39 is 0 Å². The van der Waals surface area contributed by atoms with Crippen molar-refractivity contribution in [1.82, 2.24) is 15.1 Å². The van der Waals surface area contributed by atoms with Crippen LogP contribution in [0.25, 0.3) is 0 Å². The number of nitrogens with one attached hydrogen (secondary N) is 1. The molecule has 0 aromatic heterocycles. The average molecular weight is 323 g/mol. The van der Waals surface area contributed by atoms with E-state index in [1.165, 1.54) is 12.1 Å². The highest BCUT2D eigenvalue weighted by atomic mass is 19.1. The van der Waals surface area contributed by atoms with Gasteiger partial charge in [0.2, 0.25) is 5.91 Å². The summed E-state index contributed by atoms with van der Waals surface area (Å²) in [5.41, 5.74) is 1.02. The van der Waals surface area contributed by atoms with Gasteiger partial charge in [0, 0.05) is 26.2 Å². The van der Waals surface area contributed by atoms with Crippen molar-refractivity contribution < 1.29 is 13.9 Å². The summed E-state index contributed by atoms with van der Waals surface area (Å²) in [6, 6.07) is 6.37. The fraction of sp³-hybridized carbons (Fsp3) is 0.588. The van der Waals surface area contributed by atoms with Crippen LogP contribution in [0.1, 0.15) is 5.56 Å². The zero-order valence-corrected chi connectivity index (χ0v) is 13.9. The summed E-state index contributed by atoms with van der Waals surface area (Å²) in [5, 5.41) is 2.92. The first-order valence-corrected chi connectivity index (χ1v) is 8.03. The Bertz CT molecular complexity index is 493. The number of morpholine rings is 1. The number of hydrogen-bond acceptors (Lipinski definition) is 4. The number of likely N-dealkylation sites (N-methyl/N-ethyl adjacent to an activating group) is 1. The standard InChI is InChI=1S/C17H26FN3O2/c1-20(2)11-16-12-21(9-10-23-16)13-17(22)19-8-7-14-3-5-15(18)6-4-14/h3-6,16H,7-13H2,1-2H3,(H,19,22)/t16-/m1/s1. The van der Waals surface area contributed by atoms with Crippen LogP contribution in [0.15, 0.2) is 24.3 Å². The van der Waals surface area contributed by atoms with E-state index in [4.69, 9.17) is 4.74 Å². The van der Waals surface area contributed by atoms with Gasteiger partial charge < -0.3 is 15.0 Å². The lowest BCUT2D eigenvalue weighted by molar-refractivity contribution is -0.124. The summed E-state index contributed by atoms with van der Waals surface area (Å²) in [5.74, 6) is -0.213. The number of benzene rings is 1. The van der Waals surface area contributed by atoms with Gasteiger partial charge in [-0.05, 0) is 38.2 Å². The lowest BCUT2D eigenvalue weighted by Crippen LogP contribution is -2.49. The van der Waals surface area contributed by atoms with Gasteiger partial charge >= 0.3 is 0 Å². The molecule has 0 unspecified atom stereocenters. The van der Waals surface area contributed by atoms with Gasteiger partial charge in [-0.2, -0.15) is 0 Å². The maximum atomic E-state index is 12.8. The van der Waals surface area contributed by atoms with Gasteiger partial charge in [0.1, 0.15) is 5.82 Å². The maximum Gasteiger partial charge on any atom is 0.234 e. The molecular formula is C17H26FN3O2. The lowest BCUT2D eigenvalue weighted by Gasteiger charge is -2.33.